The fraction of sp³-hybridized carbons (Fsp3) is 0.407. The minimum Gasteiger partial charge on any atom is -0.493 e. The molecule has 40 heavy (non-hydrogen) atoms. The third kappa shape index (κ3) is 7.99. The minimum absolute atomic E-state index is 0.00334. The van der Waals surface area contributed by atoms with Crippen LogP contribution in [0.4, 0.5) is 0 Å². The van der Waals surface area contributed by atoms with E-state index < -0.39 is 30.1 Å². The highest BCUT2D eigenvalue weighted by Gasteiger charge is 2.41. The van der Waals surface area contributed by atoms with Crippen LogP contribution in [0.2, 0.25) is 10.0 Å². The van der Waals surface area contributed by atoms with Gasteiger partial charge in [-0.3, -0.25) is 9.59 Å². The highest BCUT2D eigenvalue weighted by molar-refractivity contribution is 14.1. The van der Waals surface area contributed by atoms with Gasteiger partial charge in [0, 0.05) is 42.2 Å². The molecule has 4 N–H and O–H groups in total. The molecule has 1 aliphatic carbocycles. The van der Waals surface area contributed by atoms with Crippen LogP contribution in [0.3, 0.4) is 0 Å². The SMILES string of the molecule is COCC(=O)N(Cc1ccc(Cl)cc1Cl)C1CC(C(=O)NCCO)=CC(Oc2c(I)cc(CO)cc2OC)C1O. The molecule has 0 saturated heterocycles. The first-order valence-electron chi connectivity index (χ1n) is 12.3. The van der Waals surface area contributed by atoms with Crippen molar-refractivity contribution in [3.8, 4) is 11.5 Å². The van der Waals surface area contributed by atoms with Crippen LogP contribution in [0.5, 0.6) is 11.5 Å². The normalized spacial score (nSPS) is 18.6. The molecular weight excluding hydrogens is 678 g/mol. The van der Waals surface area contributed by atoms with E-state index in [0.29, 0.717) is 36.2 Å². The third-order valence-corrected chi connectivity index (χ3v) is 7.67. The standard InChI is InChI=1S/C27H31Cl2IN2O8/c1-38-14-24(35)32(12-16-3-4-18(28)11-19(16)29)21-9-17(27(37)31-5-6-33)10-22(25(21)36)40-26-20(30)7-15(13-34)8-23(26)39-2/h3-4,7-8,10-11,21-22,25,33-34,36H,5-6,9,12-14H2,1-2H3,(H,31,37). The molecule has 10 nitrogen and oxygen atoms in total. The second kappa shape index (κ2) is 15.2. The monoisotopic (exact) mass is 708 g/mol. The first-order valence-corrected chi connectivity index (χ1v) is 14.1. The second-order valence-electron chi connectivity index (χ2n) is 8.97. The maximum absolute atomic E-state index is 13.3. The van der Waals surface area contributed by atoms with Crippen molar-refractivity contribution in [2.45, 2.75) is 37.8 Å². The Labute approximate surface area is 255 Å². The first kappa shape index (κ1) is 32.4. The number of aliphatic hydroxyl groups is 3. The Balaban J connectivity index is 2.05. The van der Waals surface area contributed by atoms with Gasteiger partial charge in [-0.1, -0.05) is 29.3 Å². The van der Waals surface area contributed by atoms with E-state index >= 15 is 0 Å². The van der Waals surface area contributed by atoms with Crippen molar-refractivity contribution in [1.29, 1.82) is 0 Å². The van der Waals surface area contributed by atoms with E-state index in [1.165, 1.54) is 25.2 Å². The predicted octanol–water partition coefficient (Wildman–Crippen LogP) is 2.69. The molecule has 0 saturated carbocycles. The summed E-state index contributed by atoms with van der Waals surface area (Å²) in [5, 5.41) is 33.7. The smallest absolute Gasteiger partial charge is 0.249 e. The predicted molar refractivity (Wildman–Crippen MR) is 158 cm³/mol. The van der Waals surface area contributed by atoms with Crippen molar-refractivity contribution in [3.05, 3.63) is 66.7 Å². The highest BCUT2D eigenvalue weighted by atomic mass is 127. The molecule has 0 spiro atoms. The number of nitrogens with one attached hydrogen (secondary N) is 1. The summed E-state index contributed by atoms with van der Waals surface area (Å²) in [6, 6.07) is 7.28. The average molecular weight is 709 g/mol. The number of ether oxygens (including phenoxy) is 3. The summed E-state index contributed by atoms with van der Waals surface area (Å²) >= 11 is 14.5. The van der Waals surface area contributed by atoms with Gasteiger partial charge in [-0.25, -0.2) is 0 Å². The lowest BCUT2D eigenvalue weighted by atomic mass is 9.87. The largest absolute Gasteiger partial charge is 0.493 e. The zero-order chi connectivity index (χ0) is 29.4. The Hall–Kier alpha value is -2.13. The van der Waals surface area contributed by atoms with Crippen LogP contribution in [-0.2, 0) is 27.5 Å². The van der Waals surface area contributed by atoms with Gasteiger partial charge in [0.05, 0.1) is 29.9 Å². The number of hydrogen-bond acceptors (Lipinski definition) is 8. The Kier molecular flexibility index (Phi) is 12.3. The van der Waals surface area contributed by atoms with Crippen molar-refractivity contribution in [3.63, 3.8) is 0 Å². The number of methoxy groups -OCH3 is 2. The van der Waals surface area contributed by atoms with Crippen molar-refractivity contribution in [2.24, 2.45) is 0 Å². The van der Waals surface area contributed by atoms with Gasteiger partial charge in [0.15, 0.2) is 11.5 Å². The molecule has 3 atom stereocenters. The number of hydrogen-bond donors (Lipinski definition) is 4. The topological polar surface area (TPSA) is 138 Å². The summed E-state index contributed by atoms with van der Waals surface area (Å²) in [5.74, 6) is -0.287. The lowest BCUT2D eigenvalue weighted by molar-refractivity contribution is -0.143. The van der Waals surface area contributed by atoms with Crippen LogP contribution in [0, 0.1) is 3.57 Å². The molecule has 1 aliphatic rings. The van der Waals surface area contributed by atoms with Crippen LogP contribution in [-0.4, -0.2) is 84.3 Å². The van der Waals surface area contributed by atoms with Gasteiger partial charge in [-0.05, 0) is 64.1 Å². The summed E-state index contributed by atoms with van der Waals surface area (Å²) in [6.07, 6.45) is -0.859. The number of nitrogens with zero attached hydrogens (tertiary/aromatic N) is 1. The van der Waals surface area contributed by atoms with E-state index in [-0.39, 0.29) is 44.9 Å². The van der Waals surface area contributed by atoms with E-state index in [9.17, 15) is 24.9 Å². The number of rotatable bonds is 12. The lowest BCUT2D eigenvalue weighted by Crippen LogP contribution is -2.55. The molecule has 3 unspecified atom stereocenters. The molecule has 3 rings (SSSR count). The van der Waals surface area contributed by atoms with Gasteiger partial charge in [0.25, 0.3) is 0 Å². The molecule has 0 aromatic heterocycles. The molecule has 13 heteroatoms. The van der Waals surface area contributed by atoms with Crippen molar-refractivity contribution in [2.75, 3.05) is 34.0 Å². The maximum Gasteiger partial charge on any atom is 0.249 e. The summed E-state index contributed by atoms with van der Waals surface area (Å²) < 4.78 is 17.4. The van der Waals surface area contributed by atoms with Crippen LogP contribution in [0.15, 0.2) is 42.0 Å². The number of amides is 2. The minimum atomic E-state index is -1.28. The molecule has 0 fully saturated rings. The van der Waals surface area contributed by atoms with E-state index in [4.69, 9.17) is 37.4 Å². The number of carbonyl (C=O) groups is 2. The fourth-order valence-corrected chi connectivity index (χ4v) is 5.59. The molecule has 218 valence electrons. The molecule has 2 aromatic carbocycles. The zero-order valence-electron chi connectivity index (χ0n) is 21.9. The van der Waals surface area contributed by atoms with E-state index in [0.717, 1.165) is 0 Å². The van der Waals surface area contributed by atoms with Gasteiger partial charge in [0.1, 0.15) is 18.8 Å². The van der Waals surface area contributed by atoms with Gasteiger partial charge in [0.2, 0.25) is 11.8 Å². The molecular formula is C27H31Cl2IN2O8. The first-order chi connectivity index (χ1) is 19.1. The zero-order valence-corrected chi connectivity index (χ0v) is 25.6. The second-order valence-corrected chi connectivity index (χ2v) is 11.0. The Morgan fingerprint density at radius 1 is 1.18 bits per heavy atom. The van der Waals surface area contributed by atoms with Crippen LogP contribution in [0.25, 0.3) is 0 Å². The lowest BCUT2D eigenvalue weighted by Gasteiger charge is -2.40. The summed E-state index contributed by atoms with van der Waals surface area (Å²) in [6.45, 7) is -0.713. The van der Waals surface area contributed by atoms with Gasteiger partial charge in [-0.15, -0.1) is 0 Å². The van der Waals surface area contributed by atoms with Gasteiger partial charge < -0.3 is 39.7 Å². The van der Waals surface area contributed by atoms with Gasteiger partial charge >= 0.3 is 0 Å². The number of halogens is 3. The van der Waals surface area contributed by atoms with E-state index in [1.807, 2.05) is 22.6 Å². The fourth-order valence-electron chi connectivity index (χ4n) is 4.32. The summed E-state index contributed by atoms with van der Waals surface area (Å²) in [5.41, 5.74) is 1.44. The number of benzene rings is 2. The quantitative estimate of drug-likeness (QED) is 0.247. The molecule has 2 aromatic rings. The summed E-state index contributed by atoms with van der Waals surface area (Å²) in [7, 11) is 2.83. The Morgan fingerprint density at radius 3 is 2.55 bits per heavy atom. The van der Waals surface area contributed by atoms with Crippen molar-refractivity contribution in [1.82, 2.24) is 10.2 Å². The van der Waals surface area contributed by atoms with Crippen molar-refractivity contribution >= 4 is 57.6 Å². The van der Waals surface area contributed by atoms with Crippen LogP contribution >= 0.6 is 45.8 Å². The Morgan fingerprint density at radius 2 is 1.93 bits per heavy atom. The van der Waals surface area contributed by atoms with E-state index in [2.05, 4.69) is 5.32 Å². The average Bonchev–Trinajstić information content (AvgIpc) is 2.93. The molecule has 0 aliphatic heterocycles. The number of carbonyl (C=O) groups excluding carboxylic acids is 2. The molecule has 2 amide bonds. The van der Waals surface area contributed by atoms with Crippen LogP contribution < -0.4 is 14.8 Å². The van der Waals surface area contributed by atoms with E-state index in [1.54, 1.807) is 30.3 Å². The molecule has 0 radical (unpaired) electrons. The maximum atomic E-state index is 13.3. The van der Waals surface area contributed by atoms with Crippen molar-refractivity contribution < 1.29 is 39.1 Å². The highest BCUT2D eigenvalue weighted by Crippen LogP contribution is 2.37. The Bertz CT molecular complexity index is 1250. The van der Waals surface area contributed by atoms with Gasteiger partial charge in [-0.2, -0.15) is 0 Å². The summed E-state index contributed by atoms with van der Waals surface area (Å²) in [4.78, 5) is 27.7. The molecule has 0 bridgehead atoms. The molecule has 0 heterocycles. The van der Waals surface area contributed by atoms with Crippen LogP contribution in [0.1, 0.15) is 17.5 Å². The third-order valence-electron chi connectivity index (χ3n) is 6.28. The number of aliphatic hydroxyl groups excluding tert-OH is 3.